The summed E-state index contributed by atoms with van der Waals surface area (Å²) in [5.41, 5.74) is 2.31. The van der Waals surface area contributed by atoms with Gasteiger partial charge < -0.3 is 15.5 Å². The second-order valence-corrected chi connectivity index (χ2v) is 6.95. The normalized spacial score (nSPS) is 21.4. The molecule has 1 atom stereocenters. The average molecular weight is 329 g/mol. The van der Waals surface area contributed by atoms with E-state index in [1.165, 1.54) is 37.8 Å². The standard InChI is InChI=1S/C19H27N3O2/c1-22(15-5-3-2-4-6-15)16-9-7-14(8-10-16)13-20-19(24)17-11-12-18(23)21-17/h7-10,15,17H,2-6,11-13H2,1H3,(H,20,24)(H,21,23)/t17-/m0/s1. The first-order valence-corrected chi connectivity index (χ1v) is 9.02. The molecule has 1 aliphatic carbocycles. The summed E-state index contributed by atoms with van der Waals surface area (Å²) in [6.45, 7) is 0.499. The van der Waals surface area contributed by atoms with Crippen LogP contribution in [-0.4, -0.2) is 30.9 Å². The number of rotatable bonds is 5. The number of benzene rings is 1. The van der Waals surface area contributed by atoms with E-state index < -0.39 is 0 Å². The van der Waals surface area contributed by atoms with Crippen molar-refractivity contribution in [2.24, 2.45) is 0 Å². The van der Waals surface area contributed by atoms with Crippen molar-refractivity contribution < 1.29 is 9.59 Å². The lowest BCUT2D eigenvalue weighted by Gasteiger charge is -2.33. The Kier molecular flexibility index (Phi) is 5.38. The number of nitrogens with zero attached hydrogens (tertiary/aromatic N) is 1. The molecule has 0 aromatic heterocycles. The van der Waals surface area contributed by atoms with E-state index in [4.69, 9.17) is 0 Å². The summed E-state index contributed by atoms with van der Waals surface area (Å²) in [7, 11) is 2.18. The third-order valence-corrected chi connectivity index (χ3v) is 5.24. The van der Waals surface area contributed by atoms with Crippen LogP contribution in [0.1, 0.15) is 50.5 Å². The van der Waals surface area contributed by atoms with Gasteiger partial charge >= 0.3 is 0 Å². The van der Waals surface area contributed by atoms with Gasteiger partial charge in [-0.1, -0.05) is 31.4 Å². The molecule has 0 bridgehead atoms. The summed E-state index contributed by atoms with van der Waals surface area (Å²) in [6, 6.07) is 8.69. The van der Waals surface area contributed by atoms with E-state index in [1.54, 1.807) is 0 Å². The van der Waals surface area contributed by atoms with Crippen molar-refractivity contribution >= 4 is 17.5 Å². The van der Waals surface area contributed by atoms with E-state index >= 15 is 0 Å². The maximum atomic E-state index is 12.0. The SMILES string of the molecule is CN(c1ccc(CNC(=O)[C@@H]2CCC(=O)N2)cc1)C1CCCCC1. The number of amides is 2. The highest BCUT2D eigenvalue weighted by molar-refractivity contribution is 5.90. The van der Waals surface area contributed by atoms with Gasteiger partial charge in [0, 0.05) is 31.7 Å². The summed E-state index contributed by atoms with van der Waals surface area (Å²) in [5.74, 6) is -0.130. The fourth-order valence-electron chi connectivity index (χ4n) is 3.65. The lowest BCUT2D eigenvalue weighted by molar-refractivity contribution is -0.125. The minimum Gasteiger partial charge on any atom is -0.372 e. The van der Waals surface area contributed by atoms with Crippen LogP contribution in [0.5, 0.6) is 0 Å². The summed E-state index contributed by atoms with van der Waals surface area (Å²) < 4.78 is 0. The van der Waals surface area contributed by atoms with Crippen molar-refractivity contribution in [3.8, 4) is 0 Å². The molecule has 2 fully saturated rings. The van der Waals surface area contributed by atoms with E-state index in [0.717, 1.165) is 5.56 Å². The molecule has 24 heavy (non-hydrogen) atoms. The maximum absolute atomic E-state index is 12.0. The zero-order valence-corrected chi connectivity index (χ0v) is 14.4. The van der Waals surface area contributed by atoms with Gasteiger partial charge in [-0.25, -0.2) is 0 Å². The molecular weight excluding hydrogens is 302 g/mol. The Labute approximate surface area is 143 Å². The zero-order valence-electron chi connectivity index (χ0n) is 14.4. The molecular formula is C19H27N3O2. The van der Waals surface area contributed by atoms with Crippen molar-refractivity contribution in [1.29, 1.82) is 0 Å². The third-order valence-electron chi connectivity index (χ3n) is 5.24. The van der Waals surface area contributed by atoms with Crippen LogP contribution >= 0.6 is 0 Å². The molecule has 2 amide bonds. The molecule has 5 nitrogen and oxygen atoms in total. The van der Waals surface area contributed by atoms with Gasteiger partial charge in [0.1, 0.15) is 6.04 Å². The highest BCUT2D eigenvalue weighted by atomic mass is 16.2. The number of nitrogens with one attached hydrogen (secondary N) is 2. The van der Waals surface area contributed by atoms with Crippen molar-refractivity contribution in [1.82, 2.24) is 10.6 Å². The van der Waals surface area contributed by atoms with E-state index in [0.29, 0.717) is 25.4 Å². The van der Waals surface area contributed by atoms with E-state index in [1.807, 2.05) is 0 Å². The summed E-state index contributed by atoms with van der Waals surface area (Å²) in [6.07, 6.45) is 7.62. The second-order valence-electron chi connectivity index (χ2n) is 6.95. The van der Waals surface area contributed by atoms with E-state index in [2.05, 4.69) is 46.8 Å². The largest absolute Gasteiger partial charge is 0.372 e. The van der Waals surface area contributed by atoms with E-state index in [-0.39, 0.29) is 17.9 Å². The molecule has 0 radical (unpaired) electrons. The lowest BCUT2D eigenvalue weighted by Crippen LogP contribution is -2.41. The van der Waals surface area contributed by atoms with E-state index in [9.17, 15) is 9.59 Å². The highest BCUT2D eigenvalue weighted by Crippen LogP contribution is 2.26. The van der Waals surface area contributed by atoms with Gasteiger partial charge in [0.05, 0.1) is 0 Å². The van der Waals surface area contributed by atoms with Crippen LogP contribution in [0.4, 0.5) is 5.69 Å². The number of hydrogen-bond donors (Lipinski definition) is 2. The summed E-state index contributed by atoms with van der Waals surface area (Å²) in [4.78, 5) is 25.6. The van der Waals surface area contributed by atoms with Crippen molar-refractivity contribution in [3.63, 3.8) is 0 Å². The van der Waals surface area contributed by atoms with Gasteiger partial charge in [-0.2, -0.15) is 0 Å². The Hall–Kier alpha value is -2.04. The molecule has 1 aromatic carbocycles. The maximum Gasteiger partial charge on any atom is 0.242 e. The van der Waals surface area contributed by atoms with Crippen LogP contribution in [0.2, 0.25) is 0 Å². The van der Waals surface area contributed by atoms with Crippen LogP contribution in [0.3, 0.4) is 0 Å². The van der Waals surface area contributed by atoms with Crippen molar-refractivity contribution in [3.05, 3.63) is 29.8 Å². The topological polar surface area (TPSA) is 61.4 Å². The zero-order chi connectivity index (χ0) is 16.9. The Bertz CT molecular complexity index is 579. The number of anilines is 1. The average Bonchev–Trinajstić information content (AvgIpc) is 3.07. The Morgan fingerprint density at radius 3 is 2.50 bits per heavy atom. The second kappa shape index (κ2) is 7.69. The van der Waals surface area contributed by atoms with Crippen LogP contribution in [0.15, 0.2) is 24.3 Å². The van der Waals surface area contributed by atoms with Crippen LogP contribution < -0.4 is 15.5 Å². The van der Waals surface area contributed by atoms with Gasteiger partial charge in [0.15, 0.2) is 0 Å². The molecule has 0 spiro atoms. The van der Waals surface area contributed by atoms with Crippen molar-refractivity contribution in [2.75, 3.05) is 11.9 Å². The number of carbonyl (C=O) groups is 2. The van der Waals surface area contributed by atoms with Crippen molar-refractivity contribution in [2.45, 2.75) is 63.6 Å². The van der Waals surface area contributed by atoms with Gasteiger partial charge in [-0.15, -0.1) is 0 Å². The smallest absolute Gasteiger partial charge is 0.242 e. The quantitative estimate of drug-likeness (QED) is 0.872. The molecule has 1 aromatic rings. The third kappa shape index (κ3) is 4.08. The molecule has 0 unspecified atom stereocenters. The van der Waals surface area contributed by atoms with Crippen LogP contribution in [-0.2, 0) is 16.1 Å². The molecule has 2 N–H and O–H groups in total. The predicted octanol–water partition coefficient (Wildman–Crippen LogP) is 2.35. The first-order chi connectivity index (χ1) is 11.6. The number of carbonyl (C=O) groups excluding carboxylic acids is 2. The van der Waals surface area contributed by atoms with Gasteiger partial charge in [-0.05, 0) is 37.0 Å². The predicted molar refractivity (Wildman–Crippen MR) is 94.7 cm³/mol. The fourth-order valence-corrected chi connectivity index (χ4v) is 3.65. The molecule has 3 rings (SSSR count). The van der Waals surface area contributed by atoms with Crippen LogP contribution in [0.25, 0.3) is 0 Å². The summed E-state index contributed by atoms with van der Waals surface area (Å²) >= 11 is 0. The van der Waals surface area contributed by atoms with Gasteiger partial charge in [0.25, 0.3) is 0 Å². The molecule has 1 aliphatic heterocycles. The lowest BCUT2D eigenvalue weighted by atomic mass is 9.94. The Morgan fingerprint density at radius 1 is 1.17 bits per heavy atom. The fraction of sp³-hybridized carbons (Fsp3) is 0.579. The molecule has 1 heterocycles. The molecule has 2 aliphatic rings. The molecule has 130 valence electrons. The summed E-state index contributed by atoms with van der Waals surface area (Å²) in [5, 5.41) is 5.60. The number of hydrogen-bond acceptors (Lipinski definition) is 3. The molecule has 1 saturated carbocycles. The first kappa shape index (κ1) is 16.8. The monoisotopic (exact) mass is 329 g/mol. The highest BCUT2D eigenvalue weighted by Gasteiger charge is 2.26. The molecule has 1 saturated heterocycles. The molecule has 5 heteroatoms. The Balaban J connectivity index is 1.50. The van der Waals surface area contributed by atoms with Gasteiger partial charge in [-0.3, -0.25) is 9.59 Å². The first-order valence-electron chi connectivity index (χ1n) is 9.02. The Morgan fingerprint density at radius 2 is 1.88 bits per heavy atom. The van der Waals surface area contributed by atoms with Gasteiger partial charge in [0.2, 0.25) is 11.8 Å². The minimum atomic E-state index is -0.366. The minimum absolute atomic E-state index is 0.0368. The van der Waals surface area contributed by atoms with Crippen LogP contribution in [0, 0.1) is 0 Å².